The number of nitrogens with zero attached hydrogens (tertiary/aromatic N) is 1. The second-order valence-electron chi connectivity index (χ2n) is 7.13. The number of hydrogen-bond donors (Lipinski definition) is 1. The van der Waals surface area contributed by atoms with E-state index < -0.39 is 5.54 Å². The Bertz CT molecular complexity index is 399. The fourth-order valence-corrected chi connectivity index (χ4v) is 3.61. The molecule has 21 heavy (non-hydrogen) atoms. The Labute approximate surface area is 128 Å². The van der Waals surface area contributed by atoms with Crippen LogP contribution in [0.4, 0.5) is 0 Å². The lowest BCUT2D eigenvalue weighted by Gasteiger charge is -2.59. The van der Waals surface area contributed by atoms with Gasteiger partial charge in [-0.15, -0.1) is 0 Å². The van der Waals surface area contributed by atoms with Crippen LogP contribution >= 0.6 is 0 Å². The van der Waals surface area contributed by atoms with Crippen molar-refractivity contribution < 1.29 is 14.3 Å². The molecule has 0 spiro atoms. The first-order valence-electron chi connectivity index (χ1n) is 8.00. The Hall–Kier alpha value is -0.650. The average molecular weight is 298 g/mol. The van der Waals surface area contributed by atoms with E-state index in [1.54, 1.807) is 7.11 Å². The summed E-state index contributed by atoms with van der Waals surface area (Å²) in [6, 6.07) is 0. The van der Waals surface area contributed by atoms with Crippen LogP contribution < -0.4 is 5.73 Å². The summed E-state index contributed by atoms with van der Waals surface area (Å²) in [7, 11) is 1.71. The van der Waals surface area contributed by atoms with E-state index in [1.165, 1.54) is 0 Å². The SMILES string of the molecule is CCOC1CC(N)(C(=O)N2CCC(C)C(OC)C2)C1(C)C. The van der Waals surface area contributed by atoms with Crippen LogP contribution in [-0.2, 0) is 14.3 Å². The van der Waals surface area contributed by atoms with Crippen molar-refractivity contribution in [1.29, 1.82) is 0 Å². The van der Waals surface area contributed by atoms with E-state index >= 15 is 0 Å². The normalized spacial score (nSPS) is 39.0. The topological polar surface area (TPSA) is 64.8 Å². The minimum absolute atomic E-state index is 0.0532. The van der Waals surface area contributed by atoms with Crippen molar-refractivity contribution in [2.75, 3.05) is 26.8 Å². The van der Waals surface area contributed by atoms with Crippen molar-refractivity contribution in [3.05, 3.63) is 0 Å². The third kappa shape index (κ3) is 2.60. The third-order valence-electron chi connectivity index (χ3n) is 5.69. The van der Waals surface area contributed by atoms with Gasteiger partial charge >= 0.3 is 0 Å². The Morgan fingerprint density at radius 3 is 2.62 bits per heavy atom. The maximum absolute atomic E-state index is 12.9. The Balaban J connectivity index is 2.07. The number of carbonyl (C=O) groups is 1. The number of piperidine rings is 1. The van der Waals surface area contributed by atoms with Gasteiger partial charge in [0.15, 0.2) is 0 Å². The highest BCUT2D eigenvalue weighted by molar-refractivity contribution is 5.89. The molecular formula is C16H30N2O3. The number of methoxy groups -OCH3 is 1. The Morgan fingerprint density at radius 1 is 1.43 bits per heavy atom. The molecule has 1 aliphatic carbocycles. The molecule has 4 unspecified atom stereocenters. The Kier molecular flexibility index (Phi) is 4.66. The molecule has 1 saturated carbocycles. The molecule has 0 bridgehead atoms. The quantitative estimate of drug-likeness (QED) is 0.852. The molecule has 1 saturated heterocycles. The van der Waals surface area contributed by atoms with E-state index in [-0.39, 0.29) is 23.5 Å². The monoisotopic (exact) mass is 298 g/mol. The molecule has 1 amide bonds. The highest BCUT2D eigenvalue weighted by Crippen LogP contribution is 2.50. The number of nitrogens with two attached hydrogens (primary N) is 1. The van der Waals surface area contributed by atoms with E-state index in [0.717, 1.165) is 13.0 Å². The number of ether oxygens (including phenoxy) is 2. The van der Waals surface area contributed by atoms with E-state index in [2.05, 4.69) is 6.92 Å². The van der Waals surface area contributed by atoms with Gasteiger partial charge in [0.05, 0.1) is 12.2 Å². The summed E-state index contributed by atoms with van der Waals surface area (Å²) < 4.78 is 11.2. The van der Waals surface area contributed by atoms with Gasteiger partial charge in [0, 0.05) is 38.6 Å². The average Bonchev–Trinajstić information content (AvgIpc) is 2.46. The van der Waals surface area contributed by atoms with Gasteiger partial charge < -0.3 is 20.1 Å². The van der Waals surface area contributed by atoms with Crippen molar-refractivity contribution in [3.63, 3.8) is 0 Å². The summed E-state index contributed by atoms with van der Waals surface area (Å²) >= 11 is 0. The highest BCUT2D eigenvalue weighted by atomic mass is 16.5. The van der Waals surface area contributed by atoms with Gasteiger partial charge in [-0.05, 0) is 19.3 Å². The molecule has 2 fully saturated rings. The zero-order valence-electron chi connectivity index (χ0n) is 14.0. The first-order valence-corrected chi connectivity index (χ1v) is 8.00. The Morgan fingerprint density at radius 2 is 2.10 bits per heavy atom. The van der Waals surface area contributed by atoms with Crippen molar-refractivity contribution in [2.45, 2.75) is 58.3 Å². The number of carbonyl (C=O) groups excluding carboxylic acids is 1. The lowest BCUT2D eigenvalue weighted by atomic mass is 9.54. The smallest absolute Gasteiger partial charge is 0.243 e. The van der Waals surface area contributed by atoms with Gasteiger partial charge in [0.2, 0.25) is 5.91 Å². The summed E-state index contributed by atoms with van der Waals surface area (Å²) in [6.45, 7) is 10.3. The van der Waals surface area contributed by atoms with Gasteiger partial charge in [0.1, 0.15) is 5.54 Å². The maximum atomic E-state index is 12.9. The van der Waals surface area contributed by atoms with Crippen molar-refractivity contribution in [3.8, 4) is 0 Å². The van der Waals surface area contributed by atoms with Gasteiger partial charge in [-0.25, -0.2) is 0 Å². The van der Waals surface area contributed by atoms with E-state index in [4.69, 9.17) is 15.2 Å². The molecule has 2 rings (SSSR count). The van der Waals surface area contributed by atoms with Crippen molar-refractivity contribution in [1.82, 2.24) is 4.90 Å². The molecule has 2 N–H and O–H groups in total. The molecule has 122 valence electrons. The number of hydrogen-bond acceptors (Lipinski definition) is 4. The summed E-state index contributed by atoms with van der Waals surface area (Å²) in [4.78, 5) is 14.8. The maximum Gasteiger partial charge on any atom is 0.243 e. The predicted octanol–water partition coefficient (Wildman–Crippen LogP) is 1.40. The number of amides is 1. The lowest BCUT2D eigenvalue weighted by Crippen LogP contribution is -2.76. The first kappa shape index (κ1) is 16.7. The third-order valence-corrected chi connectivity index (χ3v) is 5.69. The minimum Gasteiger partial charge on any atom is -0.379 e. The molecule has 4 atom stereocenters. The van der Waals surface area contributed by atoms with Gasteiger partial charge in [-0.2, -0.15) is 0 Å². The van der Waals surface area contributed by atoms with Crippen LogP contribution in [0.2, 0.25) is 0 Å². The van der Waals surface area contributed by atoms with Crippen LogP contribution in [-0.4, -0.2) is 55.4 Å². The van der Waals surface area contributed by atoms with E-state index in [9.17, 15) is 4.79 Å². The molecule has 2 aliphatic rings. The standard InChI is InChI=1S/C16H30N2O3/c1-6-21-13-9-16(17,15(13,3)4)14(19)18-8-7-11(2)12(10-18)20-5/h11-13H,6-10,17H2,1-5H3. The number of rotatable bonds is 4. The molecule has 0 aromatic rings. The van der Waals surface area contributed by atoms with Crippen LogP contribution in [0.1, 0.15) is 40.5 Å². The summed E-state index contributed by atoms with van der Waals surface area (Å²) in [5.74, 6) is 0.538. The van der Waals surface area contributed by atoms with Crippen LogP contribution in [0.25, 0.3) is 0 Å². The first-order chi connectivity index (χ1) is 9.77. The highest BCUT2D eigenvalue weighted by Gasteiger charge is 2.63. The molecule has 0 radical (unpaired) electrons. The summed E-state index contributed by atoms with van der Waals surface area (Å²) in [5.41, 5.74) is 5.34. The van der Waals surface area contributed by atoms with Crippen molar-refractivity contribution in [2.24, 2.45) is 17.1 Å². The molecule has 1 aliphatic heterocycles. The zero-order valence-corrected chi connectivity index (χ0v) is 14.0. The van der Waals surface area contributed by atoms with Gasteiger partial charge in [-0.1, -0.05) is 20.8 Å². The van der Waals surface area contributed by atoms with Crippen LogP contribution in [0.5, 0.6) is 0 Å². The second-order valence-corrected chi connectivity index (χ2v) is 7.13. The molecule has 5 nitrogen and oxygen atoms in total. The minimum atomic E-state index is -0.814. The largest absolute Gasteiger partial charge is 0.379 e. The molecular weight excluding hydrogens is 268 g/mol. The molecule has 0 aromatic carbocycles. The molecule has 1 heterocycles. The van der Waals surface area contributed by atoms with Crippen LogP contribution in [0.3, 0.4) is 0 Å². The van der Waals surface area contributed by atoms with E-state index in [0.29, 0.717) is 25.5 Å². The number of likely N-dealkylation sites (tertiary alicyclic amines) is 1. The zero-order chi connectivity index (χ0) is 15.8. The van der Waals surface area contributed by atoms with Crippen LogP contribution in [0, 0.1) is 11.3 Å². The molecule has 5 heteroatoms. The van der Waals surface area contributed by atoms with E-state index in [1.807, 2.05) is 25.7 Å². The summed E-state index contributed by atoms with van der Waals surface area (Å²) in [6.07, 6.45) is 1.75. The predicted molar refractivity (Wildman–Crippen MR) is 81.9 cm³/mol. The van der Waals surface area contributed by atoms with Gasteiger partial charge in [0.25, 0.3) is 0 Å². The van der Waals surface area contributed by atoms with Crippen molar-refractivity contribution >= 4 is 5.91 Å². The fourth-order valence-electron chi connectivity index (χ4n) is 3.61. The van der Waals surface area contributed by atoms with Gasteiger partial charge in [-0.3, -0.25) is 4.79 Å². The molecule has 0 aromatic heterocycles. The summed E-state index contributed by atoms with van der Waals surface area (Å²) in [5, 5.41) is 0. The van der Waals surface area contributed by atoms with Crippen LogP contribution in [0.15, 0.2) is 0 Å². The second kappa shape index (κ2) is 5.86. The lowest BCUT2D eigenvalue weighted by molar-refractivity contribution is -0.182. The fraction of sp³-hybridized carbons (Fsp3) is 0.938.